The summed E-state index contributed by atoms with van der Waals surface area (Å²) in [5.74, 6) is 0.748. The van der Waals surface area contributed by atoms with E-state index in [0.29, 0.717) is 6.10 Å². The number of nitrogens with two attached hydrogens (primary N) is 1. The Kier molecular flexibility index (Phi) is 2.49. The van der Waals surface area contributed by atoms with Crippen LogP contribution in [-0.4, -0.2) is 19.3 Å². The summed E-state index contributed by atoms with van der Waals surface area (Å²) in [5.41, 5.74) is 0. The van der Waals surface area contributed by atoms with Crippen molar-refractivity contribution >= 4 is 0 Å². The van der Waals surface area contributed by atoms with E-state index in [1.165, 1.54) is 6.42 Å². The molecule has 2 nitrogen and oxygen atoms in total. The Labute approximate surface area is 56.6 Å². The van der Waals surface area contributed by atoms with Gasteiger partial charge in [-0.15, -0.1) is 0 Å². The van der Waals surface area contributed by atoms with E-state index >= 15 is 0 Å². The van der Waals surface area contributed by atoms with Gasteiger partial charge in [0.15, 0.2) is 0 Å². The quantitative estimate of drug-likeness (QED) is 0.512. The third-order valence-electron chi connectivity index (χ3n) is 1.78. The zero-order valence-electron chi connectivity index (χ0n) is 5.97. The molecule has 0 spiro atoms. The molecule has 1 saturated heterocycles. The molecule has 0 aromatic rings. The second kappa shape index (κ2) is 3.18. The fourth-order valence-electron chi connectivity index (χ4n) is 1.31. The van der Waals surface area contributed by atoms with Crippen molar-refractivity contribution in [3.05, 3.63) is 7.05 Å². The first-order valence-corrected chi connectivity index (χ1v) is 3.55. The van der Waals surface area contributed by atoms with Gasteiger partial charge in [-0.3, -0.25) is 0 Å². The maximum Gasteiger partial charge on any atom is 0.0567 e. The molecule has 9 heavy (non-hydrogen) atoms. The molecule has 2 N–H and O–H groups in total. The Morgan fingerprint density at radius 2 is 2.56 bits per heavy atom. The van der Waals surface area contributed by atoms with E-state index in [-0.39, 0.29) is 0 Å². The lowest BCUT2D eigenvalue weighted by Gasteiger charge is -2.04. The van der Waals surface area contributed by atoms with Crippen LogP contribution in [0.2, 0.25) is 0 Å². The molecule has 1 fully saturated rings. The molecule has 0 aromatic carbocycles. The molecule has 2 unspecified atom stereocenters. The SMILES string of the molecule is [CH2-][NH2+]CC1COC(C)C1. The van der Waals surface area contributed by atoms with Crippen LogP contribution in [-0.2, 0) is 4.74 Å². The van der Waals surface area contributed by atoms with Gasteiger partial charge in [-0.2, -0.15) is 7.05 Å². The molecule has 1 rings (SSSR count). The third kappa shape index (κ3) is 1.95. The topological polar surface area (TPSA) is 25.8 Å². The molecule has 1 aliphatic heterocycles. The largest absolute Gasteiger partial charge is 0.479 e. The number of ether oxygens (including phenoxy) is 1. The minimum Gasteiger partial charge on any atom is -0.479 e. The summed E-state index contributed by atoms with van der Waals surface area (Å²) >= 11 is 0. The van der Waals surface area contributed by atoms with Gasteiger partial charge in [0.1, 0.15) is 0 Å². The zero-order valence-corrected chi connectivity index (χ0v) is 5.97. The maximum atomic E-state index is 5.37. The van der Waals surface area contributed by atoms with Crippen LogP contribution in [0, 0.1) is 13.0 Å². The molecule has 0 saturated carbocycles. The highest BCUT2D eigenvalue weighted by Crippen LogP contribution is 2.16. The first-order chi connectivity index (χ1) is 4.33. The Bertz CT molecular complexity index is 83.0. The second-order valence-corrected chi connectivity index (χ2v) is 2.77. The molecular weight excluding hydrogens is 114 g/mol. The molecule has 0 bridgehead atoms. The number of hydrogen-bond donors (Lipinski definition) is 1. The van der Waals surface area contributed by atoms with Gasteiger partial charge in [-0.05, 0) is 13.3 Å². The molecule has 1 heterocycles. The van der Waals surface area contributed by atoms with Crippen LogP contribution >= 0.6 is 0 Å². The summed E-state index contributed by atoms with van der Waals surface area (Å²) in [4.78, 5) is 0. The molecule has 2 atom stereocenters. The van der Waals surface area contributed by atoms with Crippen LogP contribution in [0.3, 0.4) is 0 Å². The zero-order chi connectivity index (χ0) is 6.69. The Morgan fingerprint density at radius 1 is 1.78 bits per heavy atom. The van der Waals surface area contributed by atoms with Gasteiger partial charge in [0.25, 0.3) is 0 Å². The van der Waals surface area contributed by atoms with Crippen LogP contribution in [0.5, 0.6) is 0 Å². The number of rotatable bonds is 2. The highest BCUT2D eigenvalue weighted by molar-refractivity contribution is 4.68. The first kappa shape index (κ1) is 7.03. The van der Waals surface area contributed by atoms with Gasteiger partial charge in [0.05, 0.1) is 19.3 Å². The lowest BCUT2D eigenvalue weighted by Crippen LogP contribution is -2.78. The Balaban J connectivity index is 2.14. The minimum atomic E-state index is 0.481. The van der Waals surface area contributed by atoms with Gasteiger partial charge in [-0.1, -0.05) is 0 Å². The summed E-state index contributed by atoms with van der Waals surface area (Å²) in [6.07, 6.45) is 1.70. The second-order valence-electron chi connectivity index (χ2n) is 2.77. The lowest BCUT2D eigenvalue weighted by atomic mass is 10.1. The van der Waals surface area contributed by atoms with E-state index in [0.717, 1.165) is 19.1 Å². The van der Waals surface area contributed by atoms with Crippen molar-refractivity contribution < 1.29 is 10.1 Å². The predicted octanol–water partition coefficient (Wildman–Crippen LogP) is -0.234. The Hall–Kier alpha value is -0.0800. The molecule has 0 radical (unpaired) electrons. The highest BCUT2D eigenvalue weighted by Gasteiger charge is 2.21. The van der Waals surface area contributed by atoms with Crippen LogP contribution in [0.4, 0.5) is 0 Å². The van der Waals surface area contributed by atoms with Crippen LogP contribution in [0.15, 0.2) is 0 Å². The van der Waals surface area contributed by atoms with Gasteiger partial charge in [0, 0.05) is 5.92 Å². The van der Waals surface area contributed by atoms with Crippen molar-refractivity contribution in [3.63, 3.8) is 0 Å². The van der Waals surface area contributed by atoms with Crippen molar-refractivity contribution in [1.29, 1.82) is 0 Å². The van der Waals surface area contributed by atoms with Crippen LogP contribution < -0.4 is 5.32 Å². The van der Waals surface area contributed by atoms with Gasteiger partial charge in [-0.25, -0.2) is 0 Å². The smallest absolute Gasteiger partial charge is 0.0567 e. The molecule has 0 aromatic heterocycles. The van der Waals surface area contributed by atoms with Crippen molar-refractivity contribution in [1.82, 2.24) is 0 Å². The molecule has 0 amide bonds. The number of quaternary nitrogens is 1. The average molecular weight is 129 g/mol. The summed E-state index contributed by atoms with van der Waals surface area (Å²) in [5, 5.41) is 1.98. The van der Waals surface area contributed by atoms with Crippen molar-refractivity contribution in [2.24, 2.45) is 5.92 Å². The normalized spacial score (nSPS) is 35.3. The fourth-order valence-corrected chi connectivity index (χ4v) is 1.31. The third-order valence-corrected chi connectivity index (χ3v) is 1.78. The highest BCUT2D eigenvalue weighted by atomic mass is 16.5. The summed E-state index contributed by atoms with van der Waals surface area (Å²) in [6.45, 7) is 4.18. The molecule has 2 heteroatoms. The minimum absolute atomic E-state index is 0.481. The molecule has 0 aliphatic carbocycles. The van der Waals surface area contributed by atoms with Gasteiger partial charge in [0.2, 0.25) is 0 Å². The van der Waals surface area contributed by atoms with Crippen molar-refractivity contribution in [2.45, 2.75) is 19.4 Å². The number of hydrogen-bond acceptors (Lipinski definition) is 1. The maximum absolute atomic E-state index is 5.37. The van der Waals surface area contributed by atoms with Crippen molar-refractivity contribution in [3.8, 4) is 0 Å². The summed E-state index contributed by atoms with van der Waals surface area (Å²) in [6, 6.07) is 0. The first-order valence-electron chi connectivity index (χ1n) is 3.55. The monoisotopic (exact) mass is 129 g/mol. The standard InChI is InChI=1S/C7H15NO/c1-6-3-7(4-8-2)5-9-6/h6-7H,2-5,8H2,1H3. The van der Waals surface area contributed by atoms with E-state index in [9.17, 15) is 0 Å². The Morgan fingerprint density at radius 3 is 3.00 bits per heavy atom. The molecule has 1 aliphatic rings. The van der Waals surface area contributed by atoms with Crippen molar-refractivity contribution in [2.75, 3.05) is 13.2 Å². The molecular formula is C7H15NO. The molecule has 54 valence electrons. The lowest BCUT2D eigenvalue weighted by molar-refractivity contribution is -0.601. The van der Waals surface area contributed by atoms with E-state index < -0.39 is 0 Å². The summed E-state index contributed by atoms with van der Waals surface area (Å²) < 4.78 is 5.37. The van der Waals surface area contributed by atoms with E-state index in [1.54, 1.807) is 0 Å². The van der Waals surface area contributed by atoms with E-state index in [4.69, 9.17) is 4.74 Å². The van der Waals surface area contributed by atoms with Gasteiger partial charge >= 0.3 is 0 Å². The average Bonchev–Trinajstić information content (AvgIpc) is 2.17. The van der Waals surface area contributed by atoms with Gasteiger partial charge < -0.3 is 10.1 Å². The van der Waals surface area contributed by atoms with Crippen LogP contribution in [0.1, 0.15) is 13.3 Å². The van der Waals surface area contributed by atoms with E-state index in [1.807, 2.05) is 5.32 Å². The fraction of sp³-hybridized carbons (Fsp3) is 0.857. The van der Waals surface area contributed by atoms with E-state index in [2.05, 4.69) is 14.0 Å². The summed E-state index contributed by atoms with van der Waals surface area (Å²) in [7, 11) is 3.69. The van der Waals surface area contributed by atoms with Crippen LogP contribution in [0.25, 0.3) is 0 Å². The predicted molar refractivity (Wildman–Crippen MR) is 35.7 cm³/mol.